The molecule has 6 nitrogen and oxygen atoms in total. The van der Waals surface area contributed by atoms with Gasteiger partial charge >= 0.3 is 0 Å². The molecule has 0 bridgehead atoms. The zero-order chi connectivity index (χ0) is 15.8. The van der Waals surface area contributed by atoms with Crippen LogP contribution < -0.4 is 15.4 Å². The predicted molar refractivity (Wildman–Crippen MR) is 82.3 cm³/mol. The smallest absolute Gasteiger partial charge is 0.233 e. The molecule has 0 atom stereocenters. The van der Waals surface area contributed by atoms with Gasteiger partial charge in [0, 0.05) is 30.7 Å². The molecular weight excluding hydrogens is 282 g/mol. The number of carbonyl (C=O) groups is 2. The molecule has 0 aliphatic heterocycles. The van der Waals surface area contributed by atoms with Crippen molar-refractivity contribution in [1.29, 1.82) is 0 Å². The van der Waals surface area contributed by atoms with Gasteiger partial charge in [0.1, 0.15) is 12.2 Å². The van der Waals surface area contributed by atoms with Crippen molar-refractivity contribution in [2.75, 3.05) is 12.4 Å². The Kier molecular flexibility index (Phi) is 5.48. The molecule has 2 amide bonds. The fraction of sp³-hybridized carbons (Fsp3) is 0.188. The molecule has 1 heterocycles. The highest BCUT2D eigenvalue weighted by molar-refractivity contribution is 6.03. The van der Waals surface area contributed by atoms with Gasteiger partial charge in [-0.25, -0.2) is 0 Å². The van der Waals surface area contributed by atoms with Gasteiger partial charge in [0.15, 0.2) is 0 Å². The minimum atomic E-state index is -0.375. The summed E-state index contributed by atoms with van der Waals surface area (Å²) in [6, 6.07) is 10.6. The normalized spacial score (nSPS) is 9.86. The largest absolute Gasteiger partial charge is 0.497 e. The number of hydrogen-bond acceptors (Lipinski definition) is 4. The number of methoxy groups -OCH3 is 1. The Morgan fingerprint density at radius 3 is 2.64 bits per heavy atom. The topological polar surface area (TPSA) is 80.3 Å². The van der Waals surface area contributed by atoms with Crippen LogP contribution in [-0.2, 0) is 16.1 Å². The van der Waals surface area contributed by atoms with Crippen LogP contribution in [0.3, 0.4) is 0 Å². The van der Waals surface area contributed by atoms with E-state index in [1.54, 1.807) is 55.9 Å². The van der Waals surface area contributed by atoms with Crippen LogP contribution in [0.1, 0.15) is 12.0 Å². The van der Waals surface area contributed by atoms with Gasteiger partial charge in [0.25, 0.3) is 0 Å². The number of benzene rings is 1. The first-order chi connectivity index (χ1) is 10.7. The number of pyridine rings is 1. The zero-order valence-electron chi connectivity index (χ0n) is 12.2. The van der Waals surface area contributed by atoms with E-state index in [2.05, 4.69) is 15.6 Å². The summed E-state index contributed by atoms with van der Waals surface area (Å²) in [7, 11) is 1.55. The van der Waals surface area contributed by atoms with Crippen molar-refractivity contribution < 1.29 is 14.3 Å². The van der Waals surface area contributed by atoms with Crippen molar-refractivity contribution in [2.45, 2.75) is 13.0 Å². The number of nitrogens with zero attached hydrogens (tertiary/aromatic N) is 1. The number of amides is 2. The summed E-state index contributed by atoms with van der Waals surface area (Å²) >= 11 is 0. The minimum Gasteiger partial charge on any atom is -0.497 e. The first kappa shape index (κ1) is 15.5. The molecule has 0 aliphatic carbocycles. The lowest BCUT2D eigenvalue weighted by Crippen LogP contribution is -2.27. The third kappa shape index (κ3) is 4.90. The number of rotatable bonds is 6. The highest BCUT2D eigenvalue weighted by Crippen LogP contribution is 2.16. The molecule has 2 N–H and O–H groups in total. The van der Waals surface area contributed by atoms with Crippen LogP contribution in [0.2, 0.25) is 0 Å². The third-order valence-electron chi connectivity index (χ3n) is 2.91. The van der Waals surface area contributed by atoms with Gasteiger partial charge in [0.05, 0.1) is 7.11 Å². The number of nitrogens with one attached hydrogen (secondary N) is 2. The van der Waals surface area contributed by atoms with Crippen LogP contribution in [-0.4, -0.2) is 23.9 Å². The molecular formula is C16H17N3O3. The molecule has 0 saturated heterocycles. The van der Waals surface area contributed by atoms with Gasteiger partial charge in [-0.15, -0.1) is 0 Å². The second-order valence-electron chi connectivity index (χ2n) is 4.59. The monoisotopic (exact) mass is 299 g/mol. The van der Waals surface area contributed by atoms with Crippen LogP contribution in [0.15, 0.2) is 48.8 Å². The summed E-state index contributed by atoms with van der Waals surface area (Å²) < 4.78 is 5.07. The Morgan fingerprint density at radius 1 is 1.14 bits per heavy atom. The predicted octanol–water partition coefficient (Wildman–Crippen LogP) is 1.74. The lowest BCUT2D eigenvalue weighted by atomic mass is 10.2. The van der Waals surface area contributed by atoms with Crippen molar-refractivity contribution in [3.8, 4) is 5.75 Å². The molecule has 0 radical (unpaired) electrons. The van der Waals surface area contributed by atoms with E-state index in [1.807, 2.05) is 0 Å². The standard InChI is InChI=1S/C16H17N3O3/c1-22-14-4-2-3-13(9-14)19-16(21)10-15(20)18-11-12-5-7-17-8-6-12/h2-9H,10-11H2,1H3,(H,18,20)(H,19,21). The minimum absolute atomic E-state index is 0.234. The lowest BCUT2D eigenvalue weighted by molar-refractivity contribution is -0.126. The fourth-order valence-electron chi connectivity index (χ4n) is 1.82. The van der Waals surface area contributed by atoms with Crippen molar-refractivity contribution in [1.82, 2.24) is 10.3 Å². The average molecular weight is 299 g/mol. The van der Waals surface area contributed by atoms with Gasteiger partial charge in [0.2, 0.25) is 11.8 Å². The van der Waals surface area contributed by atoms with E-state index in [0.29, 0.717) is 18.0 Å². The maximum atomic E-state index is 11.8. The zero-order valence-corrected chi connectivity index (χ0v) is 12.2. The van der Waals surface area contributed by atoms with Crippen LogP contribution in [0, 0.1) is 0 Å². The average Bonchev–Trinajstić information content (AvgIpc) is 2.54. The Morgan fingerprint density at radius 2 is 1.91 bits per heavy atom. The van der Waals surface area contributed by atoms with E-state index in [1.165, 1.54) is 0 Å². The Hall–Kier alpha value is -2.89. The van der Waals surface area contributed by atoms with Crippen LogP contribution in [0.5, 0.6) is 5.75 Å². The molecule has 2 aromatic rings. The van der Waals surface area contributed by atoms with Gasteiger partial charge in [-0.05, 0) is 29.8 Å². The molecule has 0 fully saturated rings. The second-order valence-corrected chi connectivity index (χ2v) is 4.59. The first-order valence-electron chi connectivity index (χ1n) is 6.77. The number of ether oxygens (including phenoxy) is 1. The molecule has 0 saturated carbocycles. The quantitative estimate of drug-likeness (QED) is 0.796. The number of hydrogen-bond donors (Lipinski definition) is 2. The Labute approximate surface area is 128 Å². The maximum absolute atomic E-state index is 11.8. The second kappa shape index (κ2) is 7.78. The van der Waals surface area contributed by atoms with Gasteiger partial charge in [-0.2, -0.15) is 0 Å². The molecule has 0 aliphatic rings. The lowest BCUT2D eigenvalue weighted by Gasteiger charge is -2.08. The molecule has 114 valence electrons. The van der Waals surface area contributed by atoms with Crippen molar-refractivity contribution >= 4 is 17.5 Å². The maximum Gasteiger partial charge on any atom is 0.233 e. The van der Waals surface area contributed by atoms with E-state index in [4.69, 9.17) is 4.74 Å². The Balaban J connectivity index is 1.79. The van der Waals surface area contributed by atoms with Crippen LogP contribution in [0.25, 0.3) is 0 Å². The third-order valence-corrected chi connectivity index (χ3v) is 2.91. The molecule has 1 aromatic heterocycles. The first-order valence-corrected chi connectivity index (χ1v) is 6.77. The number of anilines is 1. The van der Waals surface area contributed by atoms with Crippen molar-refractivity contribution in [3.63, 3.8) is 0 Å². The van der Waals surface area contributed by atoms with Gasteiger partial charge in [-0.1, -0.05) is 6.07 Å². The van der Waals surface area contributed by atoms with E-state index in [-0.39, 0.29) is 18.2 Å². The number of aromatic nitrogens is 1. The summed E-state index contributed by atoms with van der Waals surface area (Å²) in [5.41, 5.74) is 1.52. The van der Waals surface area contributed by atoms with E-state index in [9.17, 15) is 9.59 Å². The highest BCUT2D eigenvalue weighted by atomic mass is 16.5. The Bertz CT molecular complexity index is 644. The van der Waals surface area contributed by atoms with E-state index >= 15 is 0 Å². The van der Waals surface area contributed by atoms with E-state index in [0.717, 1.165) is 5.56 Å². The van der Waals surface area contributed by atoms with Crippen molar-refractivity contribution in [3.05, 3.63) is 54.4 Å². The fourth-order valence-corrected chi connectivity index (χ4v) is 1.82. The highest BCUT2D eigenvalue weighted by Gasteiger charge is 2.09. The summed E-state index contributed by atoms with van der Waals surface area (Å²) in [6.45, 7) is 0.369. The number of carbonyl (C=O) groups excluding carboxylic acids is 2. The molecule has 0 spiro atoms. The summed E-state index contributed by atoms with van der Waals surface area (Å²) in [5.74, 6) is -0.0716. The summed E-state index contributed by atoms with van der Waals surface area (Å²) in [5, 5.41) is 5.34. The molecule has 2 rings (SSSR count). The molecule has 22 heavy (non-hydrogen) atoms. The summed E-state index contributed by atoms with van der Waals surface area (Å²) in [4.78, 5) is 27.4. The summed E-state index contributed by atoms with van der Waals surface area (Å²) in [6.07, 6.45) is 3.07. The van der Waals surface area contributed by atoms with Gasteiger partial charge < -0.3 is 15.4 Å². The van der Waals surface area contributed by atoms with E-state index < -0.39 is 0 Å². The van der Waals surface area contributed by atoms with Crippen LogP contribution >= 0.6 is 0 Å². The molecule has 6 heteroatoms. The SMILES string of the molecule is COc1cccc(NC(=O)CC(=O)NCc2ccncc2)c1. The van der Waals surface area contributed by atoms with Crippen molar-refractivity contribution in [2.24, 2.45) is 0 Å². The van der Waals surface area contributed by atoms with Crippen LogP contribution in [0.4, 0.5) is 5.69 Å². The molecule has 1 aromatic carbocycles. The van der Waals surface area contributed by atoms with Gasteiger partial charge in [-0.3, -0.25) is 14.6 Å². The molecule has 0 unspecified atom stereocenters.